The molecular weight excluding hydrogens is 439 g/mol. The van der Waals surface area contributed by atoms with Crippen molar-refractivity contribution in [3.63, 3.8) is 0 Å². The molecule has 1 saturated heterocycles. The van der Waals surface area contributed by atoms with Gasteiger partial charge in [0.25, 0.3) is 0 Å². The predicted octanol–water partition coefficient (Wildman–Crippen LogP) is 1.61. The summed E-state index contributed by atoms with van der Waals surface area (Å²) < 4.78 is 25.3. The van der Waals surface area contributed by atoms with Crippen LogP contribution in [-0.4, -0.2) is 58.3 Å². The Labute approximate surface area is 162 Å². The predicted molar refractivity (Wildman–Crippen MR) is 110 cm³/mol. The number of nitrogens with zero attached hydrogens (tertiary/aromatic N) is 2. The minimum Gasteiger partial charge on any atom is -0.355 e. The summed E-state index contributed by atoms with van der Waals surface area (Å²) in [6, 6.07) is 10.5. The number of aliphatic imine (C=N–C) groups is 1. The van der Waals surface area contributed by atoms with Crippen molar-refractivity contribution < 1.29 is 8.42 Å². The lowest BCUT2D eigenvalue weighted by Crippen LogP contribution is -2.43. The zero-order valence-corrected chi connectivity index (χ0v) is 17.4. The molecule has 1 aromatic carbocycles. The highest BCUT2D eigenvalue weighted by atomic mass is 127. The molecule has 0 aliphatic carbocycles. The third-order valence-electron chi connectivity index (χ3n) is 4.08. The molecule has 6 nitrogen and oxygen atoms in total. The number of benzene rings is 1. The zero-order valence-electron chi connectivity index (χ0n) is 14.2. The van der Waals surface area contributed by atoms with E-state index in [0.29, 0.717) is 19.0 Å². The number of nitrogens with one attached hydrogen (secondary N) is 2. The van der Waals surface area contributed by atoms with Gasteiger partial charge in [0, 0.05) is 39.1 Å². The van der Waals surface area contributed by atoms with Gasteiger partial charge in [0.15, 0.2) is 5.96 Å². The summed E-state index contributed by atoms with van der Waals surface area (Å²) in [5, 5.41) is 3.23. The van der Waals surface area contributed by atoms with Gasteiger partial charge >= 0.3 is 0 Å². The van der Waals surface area contributed by atoms with E-state index in [2.05, 4.69) is 44.2 Å². The zero-order chi connectivity index (χ0) is 16.7. The van der Waals surface area contributed by atoms with Crippen LogP contribution >= 0.6 is 24.0 Å². The molecule has 2 rings (SSSR count). The monoisotopic (exact) mass is 466 g/mol. The lowest BCUT2D eigenvalue weighted by atomic mass is 9.99. The Balaban J connectivity index is 0.00000288. The Morgan fingerprint density at radius 3 is 2.62 bits per heavy atom. The number of guanidine groups is 1. The van der Waals surface area contributed by atoms with Gasteiger partial charge in [-0.3, -0.25) is 4.99 Å². The van der Waals surface area contributed by atoms with Crippen molar-refractivity contribution in [2.75, 3.05) is 39.0 Å². The normalized spacial score (nSPS) is 18.3. The topological polar surface area (TPSA) is 73.8 Å². The van der Waals surface area contributed by atoms with Crippen molar-refractivity contribution in [3.8, 4) is 0 Å². The molecular formula is C16H27IN4O2S. The lowest BCUT2D eigenvalue weighted by Gasteiger charge is -2.22. The van der Waals surface area contributed by atoms with Gasteiger partial charge in [0.05, 0.1) is 5.75 Å². The van der Waals surface area contributed by atoms with Crippen LogP contribution in [0.4, 0.5) is 0 Å². The van der Waals surface area contributed by atoms with Crippen molar-refractivity contribution in [1.82, 2.24) is 14.9 Å². The highest BCUT2D eigenvalue weighted by Crippen LogP contribution is 2.26. The molecule has 1 heterocycles. The molecule has 1 aliphatic rings. The molecule has 0 spiro atoms. The molecule has 136 valence electrons. The Hall–Kier alpha value is -0.870. The van der Waals surface area contributed by atoms with Crippen LogP contribution in [0.1, 0.15) is 24.8 Å². The van der Waals surface area contributed by atoms with E-state index in [0.717, 1.165) is 25.5 Å². The van der Waals surface area contributed by atoms with Crippen LogP contribution < -0.4 is 10.0 Å². The molecule has 1 unspecified atom stereocenters. The fourth-order valence-electron chi connectivity index (χ4n) is 2.77. The number of hydrogen-bond acceptors (Lipinski definition) is 3. The molecule has 0 saturated carbocycles. The summed E-state index contributed by atoms with van der Waals surface area (Å²) in [4.78, 5) is 6.53. The highest BCUT2D eigenvalue weighted by molar-refractivity contribution is 14.0. The van der Waals surface area contributed by atoms with Crippen LogP contribution in [0.2, 0.25) is 0 Å². The molecule has 0 aromatic heterocycles. The fraction of sp³-hybridized carbons (Fsp3) is 0.562. The van der Waals surface area contributed by atoms with Crippen LogP contribution in [-0.2, 0) is 10.0 Å². The van der Waals surface area contributed by atoms with Crippen LogP contribution in [0.15, 0.2) is 35.3 Å². The summed E-state index contributed by atoms with van der Waals surface area (Å²) in [5.74, 6) is 1.46. The van der Waals surface area contributed by atoms with Gasteiger partial charge in [-0.15, -0.1) is 24.0 Å². The summed E-state index contributed by atoms with van der Waals surface area (Å²) in [6.07, 6.45) is 1.10. The second-order valence-corrected chi connectivity index (χ2v) is 7.71. The third kappa shape index (κ3) is 6.21. The fourth-order valence-corrected chi connectivity index (χ4v) is 3.38. The van der Waals surface area contributed by atoms with Crippen molar-refractivity contribution in [3.05, 3.63) is 35.9 Å². The Morgan fingerprint density at radius 2 is 2.00 bits per heavy atom. The summed E-state index contributed by atoms with van der Waals surface area (Å²) >= 11 is 0. The van der Waals surface area contributed by atoms with Crippen molar-refractivity contribution in [2.24, 2.45) is 4.99 Å². The molecule has 0 bridgehead atoms. The minimum atomic E-state index is -3.13. The van der Waals surface area contributed by atoms with Crippen molar-refractivity contribution in [2.45, 2.75) is 19.3 Å². The van der Waals surface area contributed by atoms with Crippen molar-refractivity contribution in [1.29, 1.82) is 0 Å². The second kappa shape index (κ2) is 10.2. The molecule has 0 amide bonds. The van der Waals surface area contributed by atoms with Gasteiger partial charge < -0.3 is 10.2 Å². The Bertz CT molecular complexity index is 622. The first kappa shape index (κ1) is 21.2. The number of likely N-dealkylation sites (tertiary alicyclic amines) is 1. The largest absolute Gasteiger partial charge is 0.355 e. The van der Waals surface area contributed by atoms with E-state index in [1.807, 2.05) is 6.07 Å². The average Bonchev–Trinajstić information content (AvgIpc) is 3.05. The van der Waals surface area contributed by atoms with E-state index in [1.54, 1.807) is 14.0 Å². The van der Waals surface area contributed by atoms with E-state index >= 15 is 0 Å². The summed E-state index contributed by atoms with van der Waals surface area (Å²) in [5.41, 5.74) is 1.36. The number of sulfonamides is 1. The standard InChI is InChI=1S/C16H26N4O2S.HI/c1-3-23(21,22)19-11-10-18-16(17-2)20-12-9-15(13-20)14-7-5-4-6-8-14;/h4-8,15,19H,3,9-13H2,1-2H3,(H,17,18);1H. The molecule has 1 atom stereocenters. The van der Waals surface area contributed by atoms with Gasteiger partial charge in [0.2, 0.25) is 10.0 Å². The van der Waals surface area contributed by atoms with E-state index in [1.165, 1.54) is 5.56 Å². The molecule has 24 heavy (non-hydrogen) atoms. The van der Waals surface area contributed by atoms with E-state index in [9.17, 15) is 8.42 Å². The van der Waals surface area contributed by atoms with Gasteiger partial charge in [-0.05, 0) is 18.9 Å². The lowest BCUT2D eigenvalue weighted by molar-refractivity contribution is 0.486. The SMILES string of the molecule is CCS(=O)(=O)NCCNC(=NC)N1CCC(c2ccccc2)C1.I. The summed E-state index contributed by atoms with van der Waals surface area (Å²) in [6.45, 7) is 4.41. The molecule has 1 aromatic rings. The maximum absolute atomic E-state index is 11.4. The van der Waals surface area contributed by atoms with E-state index < -0.39 is 10.0 Å². The van der Waals surface area contributed by atoms with Crippen LogP contribution in [0.5, 0.6) is 0 Å². The maximum atomic E-state index is 11.4. The quantitative estimate of drug-likeness (QED) is 0.289. The van der Waals surface area contributed by atoms with Crippen molar-refractivity contribution >= 4 is 40.0 Å². The van der Waals surface area contributed by atoms with Gasteiger partial charge in [-0.25, -0.2) is 13.1 Å². The molecule has 1 aliphatic heterocycles. The molecule has 1 fully saturated rings. The molecule has 2 N–H and O–H groups in total. The number of halogens is 1. The second-order valence-electron chi connectivity index (χ2n) is 5.61. The summed E-state index contributed by atoms with van der Waals surface area (Å²) in [7, 11) is -1.37. The van der Waals surface area contributed by atoms with Gasteiger partial charge in [-0.2, -0.15) is 0 Å². The molecule has 8 heteroatoms. The van der Waals surface area contributed by atoms with Gasteiger partial charge in [0.1, 0.15) is 0 Å². The first-order valence-corrected chi connectivity index (χ1v) is 9.69. The Kier molecular flexibility index (Phi) is 8.99. The van der Waals surface area contributed by atoms with Crippen LogP contribution in [0.3, 0.4) is 0 Å². The van der Waals surface area contributed by atoms with Crippen LogP contribution in [0, 0.1) is 0 Å². The van der Waals surface area contributed by atoms with E-state index in [-0.39, 0.29) is 29.7 Å². The first-order chi connectivity index (χ1) is 11.1. The number of hydrogen-bond donors (Lipinski definition) is 2. The first-order valence-electron chi connectivity index (χ1n) is 8.03. The number of rotatable bonds is 6. The maximum Gasteiger partial charge on any atom is 0.211 e. The van der Waals surface area contributed by atoms with Gasteiger partial charge in [-0.1, -0.05) is 30.3 Å². The van der Waals surface area contributed by atoms with E-state index in [4.69, 9.17) is 0 Å². The minimum absolute atomic E-state index is 0. The smallest absolute Gasteiger partial charge is 0.211 e. The Morgan fingerprint density at radius 1 is 1.29 bits per heavy atom. The third-order valence-corrected chi connectivity index (χ3v) is 5.48. The highest BCUT2D eigenvalue weighted by Gasteiger charge is 2.25. The average molecular weight is 466 g/mol. The van der Waals surface area contributed by atoms with Crippen LogP contribution in [0.25, 0.3) is 0 Å². The molecule has 0 radical (unpaired) electrons.